The Balaban J connectivity index is 2.11. The minimum Gasteiger partial charge on any atom is -0.351 e. The van der Waals surface area contributed by atoms with Gasteiger partial charge in [0.1, 0.15) is 0 Å². The molecule has 0 bridgehead atoms. The molecule has 0 saturated carbocycles. The van der Waals surface area contributed by atoms with Crippen LogP contribution in [0.15, 0.2) is 30.3 Å². The molecule has 19 heavy (non-hydrogen) atoms. The molecule has 2 N–H and O–H groups in total. The molecule has 0 aliphatic carbocycles. The summed E-state index contributed by atoms with van der Waals surface area (Å²) in [7, 11) is 0. The number of nitrogens with one attached hydrogen (secondary N) is 2. The average molecular weight is 280 g/mol. The quantitative estimate of drug-likeness (QED) is 0.683. The van der Waals surface area contributed by atoms with E-state index in [0.717, 1.165) is 23.5 Å². The van der Waals surface area contributed by atoms with Crippen LogP contribution in [0.25, 0.3) is 0 Å². The van der Waals surface area contributed by atoms with Crippen LogP contribution < -0.4 is 10.6 Å². The molecule has 0 heterocycles. The van der Waals surface area contributed by atoms with Crippen molar-refractivity contribution < 1.29 is 4.79 Å². The Kier molecular flexibility index (Phi) is 8.34. The highest BCUT2D eigenvalue weighted by molar-refractivity contribution is 7.99. The molecular weight excluding hydrogens is 256 g/mol. The maximum Gasteiger partial charge on any atom is 0.234 e. The molecule has 0 aliphatic heterocycles. The fourth-order valence-corrected chi connectivity index (χ4v) is 2.44. The van der Waals surface area contributed by atoms with E-state index in [9.17, 15) is 4.79 Å². The van der Waals surface area contributed by atoms with Gasteiger partial charge in [0.15, 0.2) is 0 Å². The molecule has 0 aromatic heterocycles. The van der Waals surface area contributed by atoms with Crippen LogP contribution in [-0.2, 0) is 11.3 Å². The summed E-state index contributed by atoms with van der Waals surface area (Å²) < 4.78 is 0. The third-order valence-electron chi connectivity index (χ3n) is 2.84. The topological polar surface area (TPSA) is 41.1 Å². The molecular formula is C15H24N2OS. The summed E-state index contributed by atoms with van der Waals surface area (Å²) in [5, 5.41) is 6.17. The summed E-state index contributed by atoms with van der Waals surface area (Å²) in [6.07, 6.45) is 1.10. The van der Waals surface area contributed by atoms with Gasteiger partial charge in [0.25, 0.3) is 0 Å². The smallest absolute Gasteiger partial charge is 0.234 e. The van der Waals surface area contributed by atoms with Crippen LogP contribution in [0.1, 0.15) is 25.8 Å². The molecule has 3 nitrogen and oxygen atoms in total. The lowest BCUT2D eigenvalue weighted by Gasteiger charge is -2.13. The lowest BCUT2D eigenvalue weighted by atomic mass is 10.2. The standard InChI is InChI=1S/C15H24N2OS/c1-3-19-10-9-13(2)16-12-15(18)17-11-14-7-5-4-6-8-14/h4-8,13,16H,3,9-12H2,1-2H3,(H,17,18). The predicted octanol–water partition coefficient (Wildman–Crippen LogP) is 2.42. The Hall–Kier alpha value is -1.00. The van der Waals surface area contributed by atoms with Crippen LogP contribution >= 0.6 is 11.8 Å². The minimum absolute atomic E-state index is 0.0545. The third kappa shape index (κ3) is 7.90. The van der Waals surface area contributed by atoms with Crippen molar-refractivity contribution in [2.45, 2.75) is 32.9 Å². The van der Waals surface area contributed by atoms with E-state index in [0.29, 0.717) is 19.1 Å². The Morgan fingerprint density at radius 2 is 2.05 bits per heavy atom. The molecule has 0 saturated heterocycles. The number of carbonyl (C=O) groups is 1. The fraction of sp³-hybridized carbons (Fsp3) is 0.533. The van der Waals surface area contributed by atoms with Crippen LogP contribution in [0.3, 0.4) is 0 Å². The van der Waals surface area contributed by atoms with Gasteiger partial charge in [0.05, 0.1) is 6.54 Å². The lowest BCUT2D eigenvalue weighted by Crippen LogP contribution is -2.37. The summed E-state index contributed by atoms with van der Waals surface area (Å²) in [6, 6.07) is 10.3. The van der Waals surface area contributed by atoms with Gasteiger partial charge in [-0.2, -0.15) is 11.8 Å². The molecule has 1 amide bonds. The second-order valence-electron chi connectivity index (χ2n) is 4.53. The summed E-state index contributed by atoms with van der Waals surface area (Å²) >= 11 is 1.94. The number of hydrogen-bond donors (Lipinski definition) is 2. The highest BCUT2D eigenvalue weighted by atomic mass is 32.2. The first-order chi connectivity index (χ1) is 9.22. The van der Waals surface area contributed by atoms with E-state index in [-0.39, 0.29) is 5.91 Å². The van der Waals surface area contributed by atoms with Crippen molar-refractivity contribution in [3.8, 4) is 0 Å². The van der Waals surface area contributed by atoms with Crippen LogP contribution in [0.2, 0.25) is 0 Å². The Bertz CT molecular complexity index is 356. The molecule has 1 atom stereocenters. The normalized spacial score (nSPS) is 12.1. The monoisotopic (exact) mass is 280 g/mol. The lowest BCUT2D eigenvalue weighted by molar-refractivity contribution is -0.120. The Morgan fingerprint density at radius 1 is 1.32 bits per heavy atom. The van der Waals surface area contributed by atoms with E-state index in [4.69, 9.17) is 0 Å². The van der Waals surface area contributed by atoms with Crippen molar-refractivity contribution in [2.75, 3.05) is 18.1 Å². The summed E-state index contributed by atoms with van der Waals surface area (Å²) in [4.78, 5) is 11.7. The summed E-state index contributed by atoms with van der Waals surface area (Å²) in [6.45, 7) is 5.28. The molecule has 1 rings (SSSR count). The highest BCUT2D eigenvalue weighted by Crippen LogP contribution is 2.03. The number of hydrogen-bond acceptors (Lipinski definition) is 3. The summed E-state index contributed by atoms with van der Waals surface area (Å²) in [5.41, 5.74) is 1.13. The first-order valence-corrected chi connectivity index (χ1v) is 7.99. The van der Waals surface area contributed by atoms with E-state index in [2.05, 4.69) is 24.5 Å². The van der Waals surface area contributed by atoms with Gasteiger partial charge in [-0.15, -0.1) is 0 Å². The van der Waals surface area contributed by atoms with Gasteiger partial charge in [0.2, 0.25) is 5.91 Å². The average Bonchev–Trinajstić information content (AvgIpc) is 2.44. The van der Waals surface area contributed by atoms with E-state index in [1.165, 1.54) is 0 Å². The van der Waals surface area contributed by atoms with Gasteiger partial charge >= 0.3 is 0 Å². The largest absolute Gasteiger partial charge is 0.351 e. The zero-order chi connectivity index (χ0) is 13.9. The van der Waals surface area contributed by atoms with Gasteiger partial charge in [0, 0.05) is 12.6 Å². The van der Waals surface area contributed by atoms with Crippen molar-refractivity contribution in [1.82, 2.24) is 10.6 Å². The number of benzene rings is 1. The molecule has 106 valence electrons. The molecule has 0 aliphatic rings. The maximum absolute atomic E-state index is 11.7. The molecule has 4 heteroatoms. The van der Waals surface area contributed by atoms with E-state index in [1.54, 1.807) is 0 Å². The van der Waals surface area contributed by atoms with Crippen LogP contribution in [0.5, 0.6) is 0 Å². The van der Waals surface area contributed by atoms with Crippen molar-refractivity contribution in [2.24, 2.45) is 0 Å². The third-order valence-corrected chi connectivity index (χ3v) is 3.78. The van der Waals surface area contributed by atoms with Gasteiger partial charge in [-0.05, 0) is 30.4 Å². The second-order valence-corrected chi connectivity index (χ2v) is 5.92. The minimum atomic E-state index is 0.0545. The number of thioether (sulfide) groups is 1. The zero-order valence-electron chi connectivity index (χ0n) is 11.8. The van der Waals surface area contributed by atoms with E-state index >= 15 is 0 Å². The summed E-state index contributed by atoms with van der Waals surface area (Å²) in [5.74, 6) is 2.36. The number of carbonyl (C=O) groups excluding carboxylic acids is 1. The van der Waals surface area contributed by atoms with Gasteiger partial charge < -0.3 is 10.6 Å². The first kappa shape index (κ1) is 16.1. The fourth-order valence-electron chi connectivity index (χ4n) is 1.63. The van der Waals surface area contributed by atoms with Gasteiger partial charge in [-0.3, -0.25) is 4.79 Å². The first-order valence-electron chi connectivity index (χ1n) is 6.84. The van der Waals surface area contributed by atoms with Crippen molar-refractivity contribution in [1.29, 1.82) is 0 Å². The van der Waals surface area contributed by atoms with Gasteiger partial charge in [-0.1, -0.05) is 37.3 Å². The predicted molar refractivity (Wildman–Crippen MR) is 83.4 cm³/mol. The molecule has 1 aromatic rings. The molecule has 0 fully saturated rings. The molecule has 1 unspecified atom stereocenters. The SMILES string of the molecule is CCSCCC(C)NCC(=O)NCc1ccccc1. The molecule has 0 radical (unpaired) electrons. The second kappa shape index (κ2) is 9.87. The van der Waals surface area contributed by atoms with Crippen LogP contribution in [-0.4, -0.2) is 30.0 Å². The maximum atomic E-state index is 11.7. The Labute approximate surface area is 120 Å². The van der Waals surface area contributed by atoms with E-state index in [1.807, 2.05) is 42.1 Å². The van der Waals surface area contributed by atoms with Gasteiger partial charge in [-0.25, -0.2) is 0 Å². The van der Waals surface area contributed by atoms with Crippen molar-refractivity contribution in [3.63, 3.8) is 0 Å². The van der Waals surface area contributed by atoms with Crippen LogP contribution in [0.4, 0.5) is 0 Å². The number of amides is 1. The number of rotatable bonds is 9. The van der Waals surface area contributed by atoms with E-state index < -0.39 is 0 Å². The van der Waals surface area contributed by atoms with Crippen molar-refractivity contribution in [3.05, 3.63) is 35.9 Å². The van der Waals surface area contributed by atoms with Crippen LogP contribution in [0, 0.1) is 0 Å². The highest BCUT2D eigenvalue weighted by Gasteiger charge is 2.05. The zero-order valence-corrected chi connectivity index (χ0v) is 12.6. The molecule has 0 spiro atoms. The molecule has 1 aromatic carbocycles. The van der Waals surface area contributed by atoms with Crippen molar-refractivity contribution >= 4 is 17.7 Å². The Morgan fingerprint density at radius 3 is 2.74 bits per heavy atom.